The molecule has 0 aromatic carbocycles. The van der Waals surface area contributed by atoms with Gasteiger partial charge in [-0.05, 0) is 38.2 Å². The third-order valence-electron chi connectivity index (χ3n) is 5.27. The molecule has 10 nitrogen and oxygen atoms in total. The number of hydrogen-bond acceptors (Lipinski definition) is 9. The maximum absolute atomic E-state index is 11.8. The molecule has 5 rings (SSSR count). The van der Waals surface area contributed by atoms with Gasteiger partial charge >= 0.3 is 0 Å². The third kappa shape index (κ3) is 4.05. The number of nitrogens with zero attached hydrogens (tertiary/aromatic N) is 7. The molecule has 148 valence electrons. The molecule has 10 heteroatoms. The van der Waals surface area contributed by atoms with Gasteiger partial charge in [0.15, 0.2) is 0 Å². The highest BCUT2D eigenvalue weighted by Crippen LogP contribution is 2.38. The predicted molar refractivity (Wildman–Crippen MR) is 106 cm³/mol. The van der Waals surface area contributed by atoms with E-state index >= 15 is 0 Å². The first kappa shape index (κ1) is 17.7. The Labute approximate surface area is 166 Å². The molecular formula is C19H21N9O. The van der Waals surface area contributed by atoms with Crippen LogP contribution >= 0.6 is 0 Å². The van der Waals surface area contributed by atoms with Crippen LogP contribution in [0.5, 0.6) is 0 Å². The molecule has 2 aliphatic carbocycles. The van der Waals surface area contributed by atoms with Gasteiger partial charge in [-0.2, -0.15) is 9.78 Å². The highest BCUT2D eigenvalue weighted by atomic mass is 16.1. The SMILES string of the molecule is O=c1cccnn1-c1cnc(N[C@H]2CC[C@H](Nc3ncc(C4CC4)nn3)C2)nc1. The van der Waals surface area contributed by atoms with E-state index in [-0.39, 0.29) is 17.6 Å². The van der Waals surface area contributed by atoms with Gasteiger partial charge in [-0.1, -0.05) is 0 Å². The van der Waals surface area contributed by atoms with Crippen molar-refractivity contribution >= 4 is 11.9 Å². The lowest BCUT2D eigenvalue weighted by Gasteiger charge is -2.14. The first-order chi connectivity index (χ1) is 14.2. The van der Waals surface area contributed by atoms with Gasteiger partial charge in [0.25, 0.3) is 5.56 Å². The predicted octanol–water partition coefficient (Wildman–Crippen LogP) is 1.53. The fourth-order valence-corrected chi connectivity index (χ4v) is 3.58. The van der Waals surface area contributed by atoms with Crippen molar-refractivity contribution in [2.24, 2.45) is 0 Å². The molecular weight excluding hydrogens is 370 g/mol. The Bertz CT molecular complexity index is 1030. The van der Waals surface area contributed by atoms with Crippen molar-refractivity contribution in [1.29, 1.82) is 0 Å². The maximum Gasteiger partial charge on any atom is 0.271 e. The lowest BCUT2D eigenvalue weighted by Crippen LogP contribution is -2.23. The van der Waals surface area contributed by atoms with Crippen LogP contribution in [0.3, 0.4) is 0 Å². The molecule has 0 aliphatic heterocycles. The number of anilines is 2. The molecule has 0 unspecified atom stereocenters. The Hall–Kier alpha value is -3.43. The Morgan fingerprint density at radius 2 is 1.62 bits per heavy atom. The second-order valence-corrected chi connectivity index (χ2v) is 7.52. The van der Waals surface area contributed by atoms with E-state index in [9.17, 15) is 4.79 Å². The fourth-order valence-electron chi connectivity index (χ4n) is 3.58. The molecule has 3 aromatic rings. The van der Waals surface area contributed by atoms with Crippen LogP contribution in [-0.4, -0.2) is 47.0 Å². The Kier molecular flexibility index (Phi) is 4.59. The van der Waals surface area contributed by atoms with E-state index in [1.807, 2.05) is 6.20 Å². The summed E-state index contributed by atoms with van der Waals surface area (Å²) in [6.45, 7) is 0. The molecule has 0 saturated heterocycles. The Balaban J connectivity index is 1.16. The molecule has 0 radical (unpaired) electrons. The summed E-state index contributed by atoms with van der Waals surface area (Å²) in [5.41, 5.74) is 1.31. The zero-order valence-corrected chi connectivity index (χ0v) is 15.8. The van der Waals surface area contributed by atoms with E-state index in [0.717, 1.165) is 25.0 Å². The van der Waals surface area contributed by atoms with Crippen LogP contribution < -0.4 is 16.2 Å². The van der Waals surface area contributed by atoms with Crippen molar-refractivity contribution in [2.45, 2.75) is 50.1 Å². The van der Waals surface area contributed by atoms with Gasteiger partial charge in [-0.15, -0.1) is 10.2 Å². The topological polar surface area (TPSA) is 123 Å². The summed E-state index contributed by atoms with van der Waals surface area (Å²) in [5, 5.41) is 19.2. The van der Waals surface area contributed by atoms with Crippen LogP contribution in [0.1, 0.15) is 43.7 Å². The summed E-state index contributed by atoms with van der Waals surface area (Å²) in [4.78, 5) is 24.9. The van der Waals surface area contributed by atoms with Crippen LogP contribution in [0.4, 0.5) is 11.9 Å². The highest BCUT2D eigenvalue weighted by molar-refractivity contribution is 5.33. The fraction of sp³-hybridized carbons (Fsp3) is 0.421. The first-order valence-electron chi connectivity index (χ1n) is 9.84. The minimum Gasteiger partial charge on any atom is -0.351 e. The van der Waals surface area contributed by atoms with Crippen molar-refractivity contribution in [3.05, 3.63) is 53.0 Å². The summed E-state index contributed by atoms with van der Waals surface area (Å²) in [5.74, 6) is 1.68. The van der Waals surface area contributed by atoms with Crippen LogP contribution in [-0.2, 0) is 0 Å². The van der Waals surface area contributed by atoms with Gasteiger partial charge in [-0.3, -0.25) is 4.79 Å². The molecule has 0 bridgehead atoms. The molecule has 2 N–H and O–H groups in total. The third-order valence-corrected chi connectivity index (χ3v) is 5.27. The molecule has 2 saturated carbocycles. The molecule has 0 amide bonds. The first-order valence-corrected chi connectivity index (χ1v) is 9.84. The van der Waals surface area contributed by atoms with E-state index in [1.165, 1.54) is 23.6 Å². The second kappa shape index (κ2) is 7.53. The summed E-state index contributed by atoms with van der Waals surface area (Å²) in [7, 11) is 0. The Morgan fingerprint density at radius 3 is 2.28 bits per heavy atom. The van der Waals surface area contributed by atoms with Crippen molar-refractivity contribution < 1.29 is 0 Å². The van der Waals surface area contributed by atoms with Gasteiger partial charge < -0.3 is 10.6 Å². The van der Waals surface area contributed by atoms with Crippen LogP contribution in [0, 0.1) is 0 Å². The van der Waals surface area contributed by atoms with Gasteiger partial charge in [0, 0.05) is 30.3 Å². The van der Waals surface area contributed by atoms with Crippen LogP contribution in [0.2, 0.25) is 0 Å². The molecule has 29 heavy (non-hydrogen) atoms. The van der Waals surface area contributed by atoms with Crippen LogP contribution in [0.15, 0.2) is 41.7 Å². The lowest BCUT2D eigenvalue weighted by atomic mass is 10.2. The van der Waals surface area contributed by atoms with E-state index < -0.39 is 0 Å². The summed E-state index contributed by atoms with van der Waals surface area (Å²) in [6, 6.07) is 3.59. The minimum absolute atomic E-state index is 0.219. The monoisotopic (exact) mass is 391 g/mol. The van der Waals surface area contributed by atoms with E-state index in [4.69, 9.17) is 0 Å². The van der Waals surface area contributed by atoms with Crippen molar-refractivity contribution in [3.63, 3.8) is 0 Å². The van der Waals surface area contributed by atoms with Crippen molar-refractivity contribution in [2.75, 3.05) is 10.6 Å². The summed E-state index contributed by atoms with van der Waals surface area (Å²) < 4.78 is 1.27. The molecule has 3 heterocycles. The van der Waals surface area contributed by atoms with Gasteiger partial charge in [0.05, 0.1) is 24.3 Å². The largest absolute Gasteiger partial charge is 0.351 e. The Morgan fingerprint density at radius 1 is 0.897 bits per heavy atom. The maximum atomic E-state index is 11.8. The van der Waals surface area contributed by atoms with Gasteiger partial charge in [-0.25, -0.2) is 15.0 Å². The van der Waals surface area contributed by atoms with E-state index in [0.29, 0.717) is 23.5 Å². The second-order valence-electron chi connectivity index (χ2n) is 7.52. The molecule has 3 aromatic heterocycles. The molecule has 2 fully saturated rings. The van der Waals surface area contributed by atoms with Crippen molar-refractivity contribution in [3.8, 4) is 5.69 Å². The summed E-state index contributed by atoms with van der Waals surface area (Å²) >= 11 is 0. The van der Waals surface area contributed by atoms with Gasteiger partial charge in [0.2, 0.25) is 11.9 Å². The highest BCUT2D eigenvalue weighted by Gasteiger charge is 2.27. The minimum atomic E-state index is -0.219. The number of hydrogen-bond donors (Lipinski definition) is 2. The number of aromatic nitrogens is 7. The quantitative estimate of drug-likeness (QED) is 0.644. The molecule has 2 atom stereocenters. The van der Waals surface area contributed by atoms with Crippen LogP contribution in [0.25, 0.3) is 5.69 Å². The zero-order valence-electron chi connectivity index (χ0n) is 15.8. The summed E-state index contributed by atoms with van der Waals surface area (Å²) in [6.07, 6.45) is 11.9. The molecule has 2 aliphatic rings. The van der Waals surface area contributed by atoms with Crippen molar-refractivity contribution in [1.82, 2.24) is 34.9 Å². The zero-order chi connectivity index (χ0) is 19.6. The van der Waals surface area contributed by atoms with E-state index in [1.54, 1.807) is 24.7 Å². The smallest absolute Gasteiger partial charge is 0.271 e. The number of rotatable bonds is 6. The van der Waals surface area contributed by atoms with E-state index in [2.05, 4.69) is 40.9 Å². The van der Waals surface area contributed by atoms with Gasteiger partial charge in [0.1, 0.15) is 5.69 Å². The molecule has 0 spiro atoms. The average Bonchev–Trinajstić information content (AvgIpc) is 3.51. The number of nitrogens with one attached hydrogen (secondary N) is 2. The standard InChI is InChI=1S/C19H21N9O/c29-17-2-1-7-23-28(17)15-9-20-18(21-10-15)24-13-5-6-14(8-13)25-19-22-11-16(26-27-19)12-3-4-12/h1-2,7,9-14H,3-6,8H2,(H,20,21,24)(H,22,25,27)/t13-,14-/m0/s1. The average molecular weight is 391 g/mol. The normalized spacial score (nSPS) is 21.1. The lowest BCUT2D eigenvalue weighted by molar-refractivity contribution is 0.707.